The molecule has 1 N–H and O–H groups in total. The molecule has 0 aliphatic heterocycles. The van der Waals surface area contributed by atoms with Gasteiger partial charge in [0.1, 0.15) is 5.75 Å². The fourth-order valence-electron chi connectivity index (χ4n) is 1.55. The van der Waals surface area contributed by atoms with Gasteiger partial charge < -0.3 is 10.1 Å². The second-order valence-electron chi connectivity index (χ2n) is 4.04. The number of hydrogen-bond acceptors (Lipinski definition) is 2. The van der Waals surface area contributed by atoms with Crippen molar-refractivity contribution in [3.05, 3.63) is 59.6 Å². The molecule has 0 bridgehead atoms. The smallest absolute Gasteiger partial charge is 0.265 e. The maximum absolute atomic E-state index is 12.0. The Balaban J connectivity index is 1.99. The van der Waals surface area contributed by atoms with Crippen LogP contribution in [-0.4, -0.2) is 12.0 Å². The second kappa shape index (κ2) is 6.25. The van der Waals surface area contributed by atoms with Crippen molar-refractivity contribution in [1.29, 1.82) is 0 Å². The Labute approximate surface area is 117 Å². The largest absolute Gasteiger partial charge is 0.481 e. The van der Waals surface area contributed by atoms with Crippen LogP contribution in [0.4, 0.5) is 5.69 Å². The highest BCUT2D eigenvalue weighted by Crippen LogP contribution is 2.21. The number of amides is 1. The van der Waals surface area contributed by atoms with E-state index in [1.54, 1.807) is 31.2 Å². The number of hydrogen-bond donors (Lipinski definition) is 1. The van der Waals surface area contributed by atoms with Crippen LogP contribution >= 0.6 is 11.6 Å². The van der Waals surface area contributed by atoms with Crippen LogP contribution < -0.4 is 10.1 Å². The third kappa shape index (κ3) is 3.73. The zero-order valence-corrected chi connectivity index (χ0v) is 11.2. The summed E-state index contributed by atoms with van der Waals surface area (Å²) in [5.74, 6) is 0.418. The SMILES string of the molecule is CC(Oc1ccccc1)C(=O)Nc1ccccc1Cl. The van der Waals surface area contributed by atoms with E-state index in [1.165, 1.54) is 0 Å². The number of anilines is 1. The van der Waals surface area contributed by atoms with Gasteiger partial charge in [-0.25, -0.2) is 0 Å². The molecule has 1 unspecified atom stereocenters. The van der Waals surface area contributed by atoms with Gasteiger partial charge in [0.05, 0.1) is 10.7 Å². The molecule has 0 saturated heterocycles. The summed E-state index contributed by atoms with van der Waals surface area (Å²) < 4.78 is 5.53. The van der Waals surface area contributed by atoms with Crippen LogP contribution in [-0.2, 0) is 4.79 Å². The third-order valence-electron chi connectivity index (χ3n) is 2.56. The van der Waals surface area contributed by atoms with Crippen LogP contribution in [0.3, 0.4) is 0 Å². The summed E-state index contributed by atoms with van der Waals surface area (Å²) in [5.41, 5.74) is 0.581. The lowest BCUT2D eigenvalue weighted by atomic mass is 10.3. The number of para-hydroxylation sites is 2. The average molecular weight is 276 g/mol. The Morgan fingerprint density at radius 1 is 1.11 bits per heavy atom. The lowest BCUT2D eigenvalue weighted by Gasteiger charge is -2.15. The molecule has 98 valence electrons. The minimum atomic E-state index is -0.598. The van der Waals surface area contributed by atoms with E-state index >= 15 is 0 Å². The molecule has 2 aromatic rings. The maximum Gasteiger partial charge on any atom is 0.265 e. The van der Waals surface area contributed by atoms with Gasteiger partial charge in [-0.05, 0) is 31.2 Å². The molecule has 1 atom stereocenters. The van der Waals surface area contributed by atoms with Crippen LogP contribution in [0.15, 0.2) is 54.6 Å². The Morgan fingerprint density at radius 2 is 1.74 bits per heavy atom. The minimum Gasteiger partial charge on any atom is -0.481 e. The molecule has 0 aliphatic carbocycles. The fraction of sp³-hybridized carbons (Fsp3) is 0.133. The van der Waals surface area contributed by atoms with E-state index in [4.69, 9.17) is 16.3 Å². The molecule has 0 aromatic heterocycles. The van der Waals surface area contributed by atoms with Crippen molar-refractivity contribution in [2.75, 3.05) is 5.32 Å². The van der Waals surface area contributed by atoms with E-state index in [2.05, 4.69) is 5.32 Å². The lowest BCUT2D eigenvalue weighted by Crippen LogP contribution is -2.30. The molecule has 2 rings (SSSR count). The summed E-state index contributed by atoms with van der Waals surface area (Å²) in [6.07, 6.45) is -0.598. The van der Waals surface area contributed by atoms with E-state index < -0.39 is 6.10 Å². The zero-order valence-electron chi connectivity index (χ0n) is 10.5. The first-order valence-corrected chi connectivity index (χ1v) is 6.31. The summed E-state index contributed by atoms with van der Waals surface area (Å²) in [4.78, 5) is 12.0. The Bertz CT molecular complexity index is 557. The number of benzene rings is 2. The number of halogens is 1. The first-order chi connectivity index (χ1) is 9.16. The highest BCUT2D eigenvalue weighted by atomic mass is 35.5. The van der Waals surface area contributed by atoms with Crippen molar-refractivity contribution in [1.82, 2.24) is 0 Å². The summed E-state index contributed by atoms with van der Waals surface area (Å²) in [6.45, 7) is 1.69. The quantitative estimate of drug-likeness (QED) is 0.923. The molecule has 0 fully saturated rings. The first-order valence-electron chi connectivity index (χ1n) is 5.94. The summed E-state index contributed by atoms with van der Waals surface area (Å²) >= 11 is 5.98. The topological polar surface area (TPSA) is 38.3 Å². The molecule has 3 nitrogen and oxygen atoms in total. The fourth-order valence-corrected chi connectivity index (χ4v) is 1.74. The second-order valence-corrected chi connectivity index (χ2v) is 4.45. The van der Waals surface area contributed by atoms with Crippen molar-refractivity contribution in [3.63, 3.8) is 0 Å². The Kier molecular flexibility index (Phi) is 4.42. The first kappa shape index (κ1) is 13.4. The van der Waals surface area contributed by atoms with Gasteiger partial charge in [0.15, 0.2) is 6.10 Å². The van der Waals surface area contributed by atoms with Gasteiger partial charge in [0, 0.05) is 0 Å². The van der Waals surface area contributed by atoms with Crippen molar-refractivity contribution in [2.24, 2.45) is 0 Å². The van der Waals surface area contributed by atoms with E-state index in [1.807, 2.05) is 30.3 Å². The molecule has 2 aromatic carbocycles. The maximum atomic E-state index is 12.0. The number of carbonyl (C=O) groups is 1. The average Bonchev–Trinajstić information content (AvgIpc) is 2.42. The molecular weight excluding hydrogens is 262 g/mol. The van der Waals surface area contributed by atoms with Gasteiger partial charge >= 0.3 is 0 Å². The standard InChI is InChI=1S/C15H14ClNO2/c1-11(19-12-7-3-2-4-8-12)15(18)17-14-10-6-5-9-13(14)16/h2-11H,1H3,(H,17,18). The predicted molar refractivity (Wildman–Crippen MR) is 76.6 cm³/mol. The van der Waals surface area contributed by atoms with Gasteiger partial charge in [-0.15, -0.1) is 0 Å². The summed E-state index contributed by atoms with van der Waals surface area (Å²) in [6, 6.07) is 16.3. The van der Waals surface area contributed by atoms with Crippen molar-refractivity contribution >= 4 is 23.2 Å². The van der Waals surface area contributed by atoms with Crippen LogP contribution in [0, 0.1) is 0 Å². The predicted octanol–water partition coefficient (Wildman–Crippen LogP) is 3.75. The molecule has 19 heavy (non-hydrogen) atoms. The van der Waals surface area contributed by atoms with E-state index in [0.717, 1.165) is 0 Å². The van der Waals surface area contributed by atoms with Gasteiger partial charge in [0.25, 0.3) is 5.91 Å². The molecule has 0 heterocycles. The van der Waals surface area contributed by atoms with Crippen LogP contribution in [0.2, 0.25) is 5.02 Å². The normalized spacial score (nSPS) is 11.7. The van der Waals surface area contributed by atoms with Crippen molar-refractivity contribution < 1.29 is 9.53 Å². The Morgan fingerprint density at radius 3 is 2.42 bits per heavy atom. The summed E-state index contributed by atoms with van der Waals surface area (Å²) in [5, 5.41) is 3.24. The molecule has 0 saturated carbocycles. The number of carbonyl (C=O) groups excluding carboxylic acids is 1. The minimum absolute atomic E-state index is 0.239. The van der Waals surface area contributed by atoms with Crippen LogP contribution in [0.25, 0.3) is 0 Å². The molecule has 0 aliphatic rings. The van der Waals surface area contributed by atoms with E-state index in [0.29, 0.717) is 16.5 Å². The van der Waals surface area contributed by atoms with Crippen LogP contribution in [0.1, 0.15) is 6.92 Å². The van der Waals surface area contributed by atoms with Crippen LogP contribution in [0.5, 0.6) is 5.75 Å². The molecular formula is C15H14ClNO2. The Hall–Kier alpha value is -2.00. The molecule has 0 spiro atoms. The van der Waals surface area contributed by atoms with E-state index in [9.17, 15) is 4.79 Å². The highest BCUT2D eigenvalue weighted by molar-refractivity contribution is 6.33. The number of rotatable bonds is 4. The van der Waals surface area contributed by atoms with Gasteiger partial charge in [0.2, 0.25) is 0 Å². The van der Waals surface area contributed by atoms with Gasteiger partial charge in [-0.1, -0.05) is 41.9 Å². The van der Waals surface area contributed by atoms with Crippen molar-refractivity contribution in [3.8, 4) is 5.75 Å². The lowest BCUT2D eigenvalue weighted by molar-refractivity contribution is -0.122. The highest BCUT2D eigenvalue weighted by Gasteiger charge is 2.15. The molecule has 0 radical (unpaired) electrons. The molecule has 4 heteroatoms. The third-order valence-corrected chi connectivity index (χ3v) is 2.89. The number of ether oxygens (including phenoxy) is 1. The van der Waals surface area contributed by atoms with Gasteiger partial charge in [-0.2, -0.15) is 0 Å². The number of nitrogens with one attached hydrogen (secondary N) is 1. The van der Waals surface area contributed by atoms with E-state index in [-0.39, 0.29) is 5.91 Å². The molecule has 1 amide bonds. The zero-order chi connectivity index (χ0) is 13.7. The monoisotopic (exact) mass is 275 g/mol. The van der Waals surface area contributed by atoms with Gasteiger partial charge in [-0.3, -0.25) is 4.79 Å². The summed E-state index contributed by atoms with van der Waals surface area (Å²) in [7, 11) is 0. The van der Waals surface area contributed by atoms with Crippen molar-refractivity contribution in [2.45, 2.75) is 13.0 Å².